The summed E-state index contributed by atoms with van der Waals surface area (Å²) in [6.07, 6.45) is -0.193. The van der Waals surface area contributed by atoms with E-state index in [2.05, 4.69) is 5.10 Å². The SMILES string of the molecule is CC(C)OC(=O)c1ccc(=O)n(C)n1. The van der Waals surface area contributed by atoms with E-state index in [-0.39, 0.29) is 17.4 Å². The highest BCUT2D eigenvalue weighted by molar-refractivity contribution is 5.86. The number of nitrogens with zero attached hydrogens (tertiary/aromatic N) is 2. The van der Waals surface area contributed by atoms with Crippen LogP contribution in [0.25, 0.3) is 0 Å². The molecule has 0 aliphatic heterocycles. The summed E-state index contributed by atoms with van der Waals surface area (Å²) in [5.74, 6) is -0.518. The van der Waals surface area contributed by atoms with Crippen molar-refractivity contribution in [2.75, 3.05) is 0 Å². The molecule has 0 saturated heterocycles. The number of aryl methyl sites for hydroxylation is 1. The summed E-state index contributed by atoms with van der Waals surface area (Å²) in [7, 11) is 1.48. The number of rotatable bonds is 2. The van der Waals surface area contributed by atoms with E-state index in [0.717, 1.165) is 4.68 Å². The van der Waals surface area contributed by atoms with Gasteiger partial charge in [0.05, 0.1) is 6.10 Å². The first kappa shape index (κ1) is 10.4. The molecule has 1 aromatic rings. The Bertz CT molecular complexity index is 395. The van der Waals surface area contributed by atoms with Crippen LogP contribution >= 0.6 is 0 Å². The van der Waals surface area contributed by atoms with Crippen LogP contribution in [0.2, 0.25) is 0 Å². The maximum atomic E-state index is 11.3. The van der Waals surface area contributed by atoms with Crippen molar-refractivity contribution >= 4 is 5.97 Å². The third-order valence-corrected chi connectivity index (χ3v) is 1.51. The maximum Gasteiger partial charge on any atom is 0.359 e. The number of carbonyl (C=O) groups excluding carboxylic acids is 1. The molecule has 1 heterocycles. The quantitative estimate of drug-likeness (QED) is 0.640. The number of carbonyl (C=O) groups is 1. The van der Waals surface area contributed by atoms with Crippen LogP contribution in [-0.4, -0.2) is 21.9 Å². The van der Waals surface area contributed by atoms with E-state index in [1.165, 1.54) is 19.2 Å². The summed E-state index contributed by atoms with van der Waals surface area (Å²) >= 11 is 0. The van der Waals surface area contributed by atoms with Crippen molar-refractivity contribution in [3.05, 3.63) is 28.2 Å². The van der Waals surface area contributed by atoms with Gasteiger partial charge in [-0.05, 0) is 19.9 Å². The van der Waals surface area contributed by atoms with Crippen LogP contribution in [0, 0.1) is 0 Å². The Kier molecular flexibility index (Phi) is 3.01. The summed E-state index contributed by atoms with van der Waals surface area (Å²) in [6, 6.07) is 2.64. The molecule has 0 aliphatic carbocycles. The van der Waals surface area contributed by atoms with E-state index in [0.29, 0.717) is 0 Å². The third-order valence-electron chi connectivity index (χ3n) is 1.51. The Morgan fingerprint density at radius 2 is 2.14 bits per heavy atom. The fourth-order valence-corrected chi connectivity index (χ4v) is 0.886. The first-order valence-corrected chi connectivity index (χ1v) is 4.26. The predicted octanol–water partition coefficient (Wildman–Crippen LogP) is 0.345. The van der Waals surface area contributed by atoms with Crippen LogP contribution in [0.1, 0.15) is 24.3 Å². The van der Waals surface area contributed by atoms with Crippen molar-refractivity contribution in [1.82, 2.24) is 9.78 Å². The Morgan fingerprint density at radius 3 is 2.64 bits per heavy atom. The molecule has 0 saturated carbocycles. The minimum atomic E-state index is -0.518. The van der Waals surface area contributed by atoms with E-state index in [1.54, 1.807) is 13.8 Å². The van der Waals surface area contributed by atoms with Gasteiger partial charge in [-0.1, -0.05) is 0 Å². The molecule has 0 radical (unpaired) electrons. The number of hydrogen-bond acceptors (Lipinski definition) is 4. The molecule has 5 heteroatoms. The third kappa shape index (κ3) is 2.42. The van der Waals surface area contributed by atoms with Crippen LogP contribution in [0.15, 0.2) is 16.9 Å². The standard InChI is InChI=1S/C9H12N2O3/c1-6(2)14-9(13)7-4-5-8(12)11(3)10-7/h4-6H,1-3H3. The van der Waals surface area contributed by atoms with Crippen LogP contribution in [0.5, 0.6) is 0 Å². The average molecular weight is 196 g/mol. The minimum absolute atomic E-state index is 0.140. The molecule has 76 valence electrons. The Labute approximate surface area is 81.3 Å². The first-order chi connectivity index (χ1) is 6.50. The molecule has 0 aliphatic rings. The number of ether oxygens (including phenoxy) is 1. The molecule has 0 spiro atoms. The topological polar surface area (TPSA) is 61.2 Å². The summed E-state index contributed by atoms with van der Waals surface area (Å²) < 4.78 is 6.01. The average Bonchev–Trinajstić information content (AvgIpc) is 2.08. The molecule has 0 fully saturated rings. The van der Waals surface area contributed by atoms with Crippen molar-refractivity contribution in [3.63, 3.8) is 0 Å². The number of esters is 1. The highest BCUT2D eigenvalue weighted by Crippen LogP contribution is 1.97. The summed E-state index contributed by atoms with van der Waals surface area (Å²) in [5, 5.41) is 3.76. The highest BCUT2D eigenvalue weighted by atomic mass is 16.5. The van der Waals surface area contributed by atoms with Gasteiger partial charge >= 0.3 is 5.97 Å². The zero-order chi connectivity index (χ0) is 10.7. The molecule has 0 aromatic carbocycles. The lowest BCUT2D eigenvalue weighted by Crippen LogP contribution is -2.22. The molecular formula is C9H12N2O3. The van der Waals surface area contributed by atoms with Crippen molar-refractivity contribution < 1.29 is 9.53 Å². The molecule has 0 N–H and O–H groups in total. The van der Waals surface area contributed by atoms with Gasteiger partial charge in [-0.15, -0.1) is 0 Å². The monoisotopic (exact) mass is 196 g/mol. The van der Waals surface area contributed by atoms with Gasteiger partial charge in [-0.25, -0.2) is 9.48 Å². The van der Waals surface area contributed by atoms with E-state index < -0.39 is 5.97 Å². The second-order valence-electron chi connectivity index (χ2n) is 3.13. The Hall–Kier alpha value is -1.65. The molecular weight excluding hydrogens is 184 g/mol. The minimum Gasteiger partial charge on any atom is -0.458 e. The zero-order valence-corrected chi connectivity index (χ0v) is 8.35. The van der Waals surface area contributed by atoms with Crippen LogP contribution in [0.4, 0.5) is 0 Å². The molecule has 14 heavy (non-hydrogen) atoms. The van der Waals surface area contributed by atoms with Crippen molar-refractivity contribution in [3.8, 4) is 0 Å². The van der Waals surface area contributed by atoms with E-state index >= 15 is 0 Å². The molecule has 1 aromatic heterocycles. The molecule has 5 nitrogen and oxygen atoms in total. The fraction of sp³-hybridized carbons (Fsp3) is 0.444. The van der Waals surface area contributed by atoms with Crippen molar-refractivity contribution in [2.45, 2.75) is 20.0 Å². The second-order valence-corrected chi connectivity index (χ2v) is 3.13. The molecule has 1 rings (SSSR count). The largest absolute Gasteiger partial charge is 0.458 e. The second kappa shape index (κ2) is 4.04. The van der Waals surface area contributed by atoms with E-state index in [1.807, 2.05) is 0 Å². The summed E-state index contributed by atoms with van der Waals surface area (Å²) in [6.45, 7) is 3.50. The summed E-state index contributed by atoms with van der Waals surface area (Å²) in [5.41, 5.74) is -0.119. The smallest absolute Gasteiger partial charge is 0.359 e. The van der Waals surface area contributed by atoms with Gasteiger partial charge in [0.25, 0.3) is 5.56 Å². The van der Waals surface area contributed by atoms with Crippen molar-refractivity contribution in [1.29, 1.82) is 0 Å². The van der Waals surface area contributed by atoms with Gasteiger partial charge in [0, 0.05) is 13.1 Å². The van der Waals surface area contributed by atoms with Gasteiger partial charge in [0.2, 0.25) is 0 Å². The Morgan fingerprint density at radius 1 is 1.50 bits per heavy atom. The van der Waals surface area contributed by atoms with E-state index in [4.69, 9.17) is 4.74 Å². The zero-order valence-electron chi connectivity index (χ0n) is 8.35. The summed E-state index contributed by atoms with van der Waals surface area (Å²) in [4.78, 5) is 22.3. The molecule has 0 bridgehead atoms. The van der Waals surface area contributed by atoms with Crippen molar-refractivity contribution in [2.24, 2.45) is 7.05 Å². The maximum absolute atomic E-state index is 11.3. The first-order valence-electron chi connectivity index (χ1n) is 4.26. The van der Waals surface area contributed by atoms with E-state index in [9.17, 15) is 9.59 Å². The molecule has 0 unspecified atom stereocenters. The Balaban J connectivity index is 2.92. The molecule has 0 amide bonds. The van der Waals surface area contributed by atoms with Gasteiger partial charge in [-0.3, -0.25) is 4.79 Å². The van der Waals surface area contributed by atoms with Crippen LogP contribution in [0.3, 0.4) is 0 Å². The molecule has 0 atom stereocenters. The number of aromatic nitrogens is 2. The lowest BCUT2D eigenvalue weighted by Gasteiger charge is -2.07. The predicted molar refractivity (Wildman–Crippen MR) is 50.0 cm³/mol. The fourth-order valence-electron chi connectivity index (χ4n) is 0.886. The van der Waals surface area contributed by atoms with Gasteiger partial charge in [-0.2, -0.15) is 5.10 Å². The van der Waals surface area contributed by atoms with Gasteiger partial charge < -0.3 is 4.74 Å². The highest BCUT2D eigenvalue weighted by Gasteiger charge is 2.11. The lowest BCUT2D eigenvalue weighted by atomic mass is 10.4. The van der Waals surface area contributed by atoms with Gasteiger partial charge in [0.1, 0.15) is 0 Å². The van der Waals surface area contributed by atoms with Crippen LogP contribution in [-0.2, 0) is 11.8 Å². The van der Waals surface area contributed by atoms with Crippen LogP contribution < -0.4 is 5.56 Å². The number of hydrogen-bond donors (Lipinski definition) is 0. The lowest BCUT2D eigenvalue weighted by molar-refractivity contribution is 0.0368. The van der Waals surface area contributed by atoms with Gasteiger partial charge in [0.15, 0.2) is 5.69 Å². The normalized spacial score (nSPS) is 10.3.